The highest BCUT2D eigenvalue weighted by Gasteiger charge is 2.28. The van der Waals surface area contributed by atoms with Gasteiger partial charge in [-0.1, -0.05) is 0 Å². The zero-order valence-corrected chi connectivity index (χ0v) is 17.2. The largest absolute Gasteiger partial charge is 0.346 e. The minimum absolute atomic E-state index is 0.0202. The van der Waals surface area contributed by atoms with Gasteiger partial charge in [-0.3, -0.25) is 14.6 Å². The van der Waals surface area contributed by atoms with Crippen LogP contribution in [0, 0.1) is 6.92 Å². The number of amides is 2. The van der Waals surface area contributed by atoms with Gasteiger partial charge in [0.25, 0.3) is 11.8 Å². The van der Waals surface area contributed by atoms with E-state index in [1.54, 1.807) is 43.0 Å². The molecule has 158 valence electrons. The Kier molecular flexibility index (Phi) is 6.21. The number of likely N-dealkylation sites (tertiary alicyclic amines) is 1. The maximum atomic E-state index is 12.8. The van der Waals surface area contributed by atoms with Crippen LogP contribution in [0.4, 0.5) is 0 Å². The SMILES string of the molecule is Cc1ncc(C(=O)NCc2ccncn2)c(C2CCN(C(=O)c3cccnc3)CC2)n1. The van der Waals surface area contributed by atoms with Crippen LogP contribution in [0.15, 0.2) is 49.3 Å². The summed E-state index contributed by atoms with van der Waals surface area (Å²) in [5.74, 6) is 0.450. The molecule has 1 aliphatic heterocycles. The quantitative estimate of drug-likeness (QED) is 0.674. The Morgan fingerprint density at radius 2 is 1.94 bits per heavy atom. The number of nitrogens with zero attached hydrogens (tertiary/aromatic N) is 6. The number of aromatic nitrogens is 5. The van der Waals surface area contributed by atoms with Crippen LogP contribution >= 0.6 is 0 Å². The van der Waals surface area contributed by atoms with E-state index in [2.05, 4.69) is 30.2 Å². The number of carbonyl (C=O) groups is 2. The lowest BCUT2D eigenvalue weighted by atomic mass is 9.90. The second-order valence-electron chi connectivity index (χ2n) is 7.41. The molecule has 31 heavy (non-hydrogen) atoms. The van der Waals surface area contributed by atoms with Gasteiger partial charge in [-0.2, -0.15) is 0 Å². The first kappa shape index (κ1) is 20.5. The van der Waals surface area contributed by atoms with Gasteiger partial charge in [-0.15, -0.1) is 0 Å². The Balaban J connectivity index is 1.44. The number of aryl methyl sites for hydroxylation is 1. The maximum Gasteiger partial charge on any atom is 0.255 e. The Morgan fingerprint density at radius 1 is 1.10 bits per heavy atom. The van der Waals surface area contributed by atoms with Crippen LogP contribution in [0.3, 0.4) is 0 Å². The molecule has 0 aromatic carbocycles. The molecule has 2 amide bonds. The van der Waals surface area contributed by atoms with Crippen molar-refractivity contribution in [3.63, 3.8) is 0 Å². The van der Waals surface area contributed by atoms with E-state index < -0.39 is 0 Å². The van der Waals surface area contributed by atoms with Crippen molar-refractivity contribution >= 4 is 11.8 Å². The van der Waals surface area contributed by atoms with Gasteiger partial charge >= 0.3 is 0 Å². The molecule has 9 heteroatoms. The van der Waals surface area contributed by atoms with Crippen molar-refractivity contribution in [1.82, 2.24) is 35.1 Å². The van der Waals surface area contributed by atoms with E-state index in [4.69, 9.17) is 0 Å². The molecule has 4 rings (SSSR count). The Bertz CT molecular complexity index is 1050. The van der Waals surface area contributed by atoms with Gasteiger partial charge in [0.2, 0.25) is 0 Å². The maximum absolute atomic E-state index is 12.8. The number of hydrogen-bond donors (Lipinski definition) is 1. The topological polar surface area (TPSA) is 114 Å². The third-order valence-corrected chi connectivity index (χ3v) is 5.33. The number of pyridine rings is 1. The molecule has 0 saturated carbocycles. The molecule has 4 heterocycles. The summed E-state index contributed by atoms with van der Waals surface area (Å²) >= 11 is 0. The highest BCUT2D eigenvalue weighted by atomic mass is 16.2. The van der Waals surface area contributed by atoms with Crippen molar-refractivity contribution in [2.75, 3.05) is 13.1 Å². The van der Waals surface area contributed by atoms with E-state index in [-0.39, 0.29) is 17.7 Å². The molecule has 1 fully saturated rings. The molecule has 9 nitrogen and oxygen atoms in total. The molecule has 3 aromatic heterocycles. The van der Waals surface area contributed by atoms with E-state index in [0.29, 0.717) is 36.6 Å². The Labute approximate surface area is 180 Å². The van der Waals surface area contributed by atoms with Crippen LogP contribution < -0.4 is 5.32 Å². The van der Waals surface area contributed by atoms with Gasteiger partial charge < -0.3 is 10.2 Å². The predicted molar refractivity (Wildman–Crippen MR) is 112 cm³/mol. The van der Waals surface area contributed by atoms with Crippen LogP contribution in [-0.2, 0) is 6.54 Å². The summed E-state index contributed by atoms with van der Waals surface area (Å²) < 4.78 is 0. The molecule has 0 radical (unpaired) electrons. The molecule has 0 unspecified atom stereocenters. The minimum Gasteiger partial charge on any atom is -0.346 e. The summed E-state index contributed by atoms with van der Waals surface area (Å²) in [7, 11) is 0. The summed E-state index contributed by atoms with van der Waals surface area (Å²) in [5, 5.41) is 2.88. The first-order chi connectivity index (χ1) is 15.1. The molecule has 1 N–H and O–H groups in total. The van der Waals surface area contributed by atoms with Crippen LogP contribution in [0.2, 0.25) is 0 Å². The molecule has 3 aromatic rings. The highest BCUT2D eigenvalue weighted by Crippen LogP contribution is 2.29. The Hall–Kier alpha value is -3.75. The minimum atomic E-state index is -0.234. The standard InChI is InChI=1S/C22H23N7O2/c1-15-25-13-19(21(30)26-12-18-4-8-24-14-27-18)20(28-15)16-5-9-29(10-6-16)22(31)17-3-2-7-23-11-17/h2-4,7-8,11,13-14,16H,5-6,9-10,12H2,1H3,(H,26,30). The van der Waals surface area contributed by atoms with Crippen LogP contribution in [0.25, 0.3) is 0 Å². The van der Waals surface area contributed by atoms with Crippen molar-refractivity contribution in [3.05, 3.63) is 77.7 Å². The van der Waals surface area contributed by atoms with Gasteiger partial charge in [-0.25, -0.2) is 19.9 Å². The summed E-state index contributed by atoms with van der Waals surface area (Å²) in [6, 6.07) is 5.28. The molecule has 1 aliphatic rings. The zero-order valence-electron chi connectivity index (χ0n) is 17.2. The van der Waals surface area contributed by atoms with Gasteiger partial charge in [0.05, 0.1) is 29.1 Å². The van der Waals surface area contributed by atoms with Crippen LogP contribution in [-0.4, -0.2) is 54.7 Å². The number of piperidine rings is 1. The van der Waals surface area contributed by atoms with E-state index in [0.717, 1.165) is 24.2 Å². The molecule has 0 aliphatic carbocycles. The van der Waals surface area contributed by atoms with Gasteiger partial charge in [0, 0.05) is 43.8 Å². The van der Waals surface area contributed by atoms with Crippen molar-refractivity contribution in [1.29, 1.82) is 0 Å². The smallest absolute Gasteiger partial charge is 0.255 e. The average molecular weight is 417 g/mol. The van der Waals surface area contributed by atoms with Crippen molar-refractivity contribution in [2.45, 2.75) is 32.2 Å². The highest BCUT2D eigenvalue weighted by molar-refractivity contribution is 5.95. The van der Waals surface area contributed by atoms with E-state index in [1.165, 1.54) is 6.33 Å². The fourth-order valence-electron chi connectivity index (χ4n) is 3.69. The normalized spacial score (nSPS) is 14.3. The lowest BCUT2D eigenvalue weighted by Crippen LogP contribution is -2.38. The number of rotatable bonds is 5. The lowest BCUT2D eigenvalue weighted by molar-refractivity contribution is 0.0710. The van der Waals surface area contributed by atoms with Crippen LogP contribution in [0.5, 0.6) is 0 Å². The van der Waals surface area contributed by atoms with E-state index in [1.807, 2.05) is 11.8 Å². The lowest BCUT2D eigenvalue weighted by Gasteiger charge is -2.32. The predicted octanol–water partition coefficient (Wildman–Crippen LogP) is 1.92. The van der Waals surface area contributed by atoms with E-state index in [9.17, 15) is 9.59 Å². The number of nitrogens with one attached hydrogen (secondary N) is 1. The number of carbonyl (C=O) groups excluding carboxylic acids is 2. The average Bonchev–Trinajstić information content (AvgIpc) is 2.83. The van der Waals surface area contributed by atoms with Crippen LogP contribution in [0.1, 0.15) is 56.7 Å². The fourth-order valence-corrected chi connectivity index (χ4v) is 3.69. The van der Waals surface area contributed by atoms with Gasteiger partial charge in [0.1, 0.15) is 12.2 Å². The first-order valence-electron chi connectivity index (χ1n) is 10.2. The van der Waals surface area contributed by atoms with Crippen molar-refractivity contribution in [3.8, 4) is 0 Å². The molecule has 0 bridgehead atoms. The zero-order chi connectivity index (χ0) is 21.6. The van der Waals surface area contributed by atoms with E-state index >= 15 is 0 Å². The Morgan fingerprint density at radius 3 is 2.65 bits per heavy atom. The fraction of sp³-hybridized carbons (Fsp3) is 0.318. The van der Waals surface area contributed by atoms with Gasteiger partial charge in [0.15, 0.2) is 0 Å². The molecule has 0 spiro atoms. The third-order valence-electron chi connectivity index (χ3n) is 5.33. The monoisotopic (exact) mass is 417 g/mol. The first-order valence-corrected chi connectivity index (χ1v) is 10.2. The molecular formula is C22H23N7O2. The molecular weight excluding hydrogens is 394 g/mol. The second kappa shape index (κ2) is 9.38. The summed E-state index contributed by atoms with van der Waals surface area (Å²) in [6.45, 7) is 3.31. The molecule has 0 atom stereocenters. The second-order valence-corrected chi connectivity index (χ2v) is 7.41. The summed E-state index contributed by atoms with van der Waals surface area (Å²) in [4.78, 5) is 48.2. The molecule has 1 saturated heterocycles. The van der Waals surface area contributed by atoms with Gasteiger partial charge in [-0.05, 0) is 38.0 Å². The third kappa shape index (κ3) is 4.88. The number of hydrogen-bond acceptors (Lipinski definition) is 7. The van der Waals surface area contributed by atoms with Crippen molar-refractivity contribution in [2.24, 2.45) is 0 Å². The summed E-state index contributed by atoms with van der Waals surface area (Å²) in [5.41, 5.74) is 2.52. The summed E-state index contributed by atoms with van der Waals surface area (Å²) in [6.07, 6.45) is 9.36. The van der Waals surface area contributed by atoms with Crippen molar-refractivity contribution < 1.29 is 9.59 Å².